The van der Waals surface area contributed by atoms with Gasteiger partial charge >= 0.3 is 80.9 Å². The number of hydrogen-bond acceptors (Lipinski definition) is 26. The van der Waals surface area contributed by atoms with Gasteiger partial charge in [0.05, 0.1) is 25.1 Å². The third-order valence-corrected chi connectivity index (χ3v) is 20.7. The first-order valence-electron chi connectivity index (χ1n) is 42.1. The summed E-state index contributed by atoms with van der Waals surface area (Å²) < 4.78 is 122. The van der Waals surface area contributed by atoms with Gasteiger partial charge in [-0.3, -0.25) is 34.6 Å². The number of nitrogens with one attached hydrogen (secondary N) is 4. The molecule has 0 fully saturated rings. The number of aliphatic imine (C=N–C) groups is 2. The SMILES string of the molecule is CC(=O)C[C@@H](C(=O)OC(C)(C)C)N(CCCCCN([C@@H](CC(=O)OC(C)(C)C)C(=O)OC(C)(C)C)S(=O)(=O)N(Cc1ccc(OC(=O)c2ccc(NC(=NC(=O)OC(C)(C)C)NC(=O)OC(C)(C)C)cc2)cc1)C(=O)OCc1ccccc1)S(=O)(=O)N(Cc1ccc(CC(=O)c2ccc(NC(=NC(=O)OC(C)(C)C)NC(=O)OC(C)(C)C)cc2)cc1)C(=O)OCc1ccccc1. The van der Waals surface area contributed by atoms with Gasteiger partial charge in [-0.2, -0.15) is 34.1 Å². The summed E-state index contributed by atoms with van der Waals surface area (Å²) in [5.41, 5.74) is -5.31. The molecule has 0 bridgehead atoms. The van der Waals surface area contributed by atoms with Crippen LogP contribution in [0, 0.1) is 0 Å². The van der Waals surface area contributed by atoms with Gasteiger partial charge in [-0.15, -0.1) is 9.98 Å². The van der Waals surface area contributed by atoms with Crippen LogP contribution in [0.4, 0.5) is 40.1 Å². The number of Topliss-reactive ketones (excluding diaryl/α,β-unsaturated/α-hetero) is 2. The van der Waals surface area contributed by atoms with E-state index in [2.05, 4.69) is 31.3 Å². The highest BCUT2D eigenvalue weighted by Gasteiger charge is 2.47. The van der Waals surface area contributed by atoms with Crippen LogP contribution in [0.5, 0.6) is 5.75 Å². The van der Waals surface area contributed by atoms with E-state index in [1.54, 1.807) is 144 Å². The number of rotatable bonds is 33. The van der Waals surface area contributed by atoms with Gasteiger partial charge in [-0.25, -0.2) is 33.6 Å². The van der Waals surface area contributed by atoms with Crippen molar-refractivity contribution in [2.75, 3.05) is 23.7 Å². The van der Waals surface area contributed by atoms with E-state index in [0.29, 0.717) is 33.9 Å². The first kappa shape index (κ1) is 107. The summed E-state index contributed by atoms with van der Waals surface area (Å²) in [5, 5.41) is 10.4. The van der Waals surface area contributed by atoms with Crippen molar-refractivity contribution in [3.05, 3.63) is 197 Å². The molecule has 0 spiro atoms. The molecule has 712 valence electrons. The van der Waals surface area contributed by atoms with Crippen LogP contribution in [0.3, 0.4) is 0 Å². The Bertz CT molecular complexity index is 5280. The molecule has 4 N–H and O–H groups in total. The minimum Gasteiger partial charge on any atom is -0.460 e. The standard InChI is InChI=1S/C93H122N10O26S2/c1-61(104)54-72(77(108)124-88(5,6)7)100(130(116,117)102(85(114)120-59-65-32-26-23-27-33-65)57-63-38-36-62(37-39-63)55-74(105)67-42-46-69(47-43-67)94-79(96-81(110)126-90(11,12)13)97-82(111)127-91(14,15)16)52-30-25-31-53-101(73(78(109)125-89(8,9)10)56-75(106)123-87(2,3)4)131(118,119)103(86(115)121-60-66-34-28-24-29-35-66)58-64-40-50-71(51-41-64)122-76(107)68-44-48-70(49-45-68)95-80(98-83(112)128-92(17,18)19)99-84(113)129-93(20,21)22/h23-24,26-29,32-51,72-73H,25,30-31,52-60H2,1-22H3,(H2,94,96,97,110,111)(H2,95,98,99,112,113)/t72-,73-/m0/s1. The van der Waals surface area contributed by atoms with Crippen LogP contribution >= 0.6 is 0 Å². The molecule has 0 saturated carbocycles. The highest BCUT2D eigenvalue weighted by Crippen LogP contribution is 2.30. The third kappa shape index (κ3) is 38.9. The number of anilines is 2. The molecule has 6 aromatic rings. The Morgan fingerprint density at radius 1 is 0.374 bits per heavy atom. The number of nitrogens with zero attached hydrogens (tertiary/aromatic N) is 6. The van der Waals surface area contributed by atoms with Crippen LogP contribution in [0.15, 0.2) is 168 Å². The second kappa shape index (κ2) is 46.2. The van der Waals surface area contributed by atoms with Gasteiger partial charge in [-0.05, 0) is 254 Å². The number of ketones is 2. The van der Waals surface area contributed by atoms with Crippen molar-refractivity contribution in [2.45, 2.75) is 268 Å². The summed E-state index contributed by atoms with van der Waals surface area (Å²) in [6.45, 7) is 30.2. The lowest BCUT2D eigenvalue weighted by Gasteiger charge is -2.35. The van der Waals surface area contributed by atoms with E-state index in [1.165, 1.54) is 159 Å². The Morgan fingerprint density at radius 2 is 0.718 bits per heavy atom. The molecule has 38 heteroatoms. The number of carbonyl (C=O) groups excluding carboxylic acids is 12. The number of hydrogen-bond donors (Lipinski definition) is 4. The minimum absolute atomic E-state index is 0.00185. The molecule has 36 nitrogen and oxygen atoms in total. The molecule has 6 rings (SSSR count). The van der Waals surface area contributed by atoms with Crippen molar-refractivity contribution >= 4 is 116 Å². The Kier molecular flexibility index (Phi) is 37.8. The topological polar surface area (TPSA) is 451 Å². The molecule has 0 aromatic heterocycles. The maximum atomic E-state index is 16.1. The number of benzene rings is 6. The van der Waals surface area contributed by atoms with E-state index < -0.39 is 190 Å². The molecule has 0 aliphatic carbocycles. The fraction of sp³-hybridized carbons (Fsp3) is 0.462. The van der Waals surface area contributed by atoms with E-state index in [4.69, 9.17) is 47.4 Å². The van der Waals surface area contributed by atoms with Crippen molar-refractivity contribution in [3.63, 3.8) is 0 Å². The van der Waals surface area contributed by atoms with Gasteiger partial charge in [0, 0.05) is 42.9 Å². The summed E-state index contributed by atoms with van der Waals surface area (Å²) in [6, 6.07) is 35.0. The number of carbonyl (C=O) groups is 12. The molecular formula is C93H122N10O26S2. The second-order valence-electron chi connectivity index (χ2n) is 37.2. The van der Waals surface area contributed by atoms with Crippen LogP contribution < -0.4 is 26.0 Å². The molecule has 0 heterocycles. The van der Waals surface area contributed by atoms with Crippen LogP contribution in [-0.2, 0) is 115 Å². The van der Waals surface area contributed by atoms with Crippen molar-refractivity contribution in [1.82, 2.24) is 27.9 Å². The van der Waals surface area contributed by atoms with Gasteiger partial charge in [0.25, 0.3) is 0 Å². The summed E-state index contributed by atoms with van der Waals surface area (Å²) in [7, 11) is -11.0. The Balaban J connectivity index is 1.37. The van der Waals surface area contributed by atoms with Crippen molar-refractivity contribution in [3.8, 4) is 5.75 Å². The zero-order chi connectivity index (χ0) is 98.0. The zero-order valence-electron chi connectivity index (χ0n) is 78.3. The summed E-state index contributed by atoms with van der Waals surface area (Å²) in [4.78, 5) is 173. The predicted molar refractivity (Wildman–Crippen MR) is 487 cm³/mol. The molecular weight excluding hydrogens is 1740 g/mol. The van der Waals surface area contributed by atoms with Gasteiger partial charge in [0.2, 0.25) is 11.9 Å². The molecule has 0 radical (unpaired) electrons. The highest BCUT2D eigenvalue weighted by atomic mass is 32.2. The lowest BCUT2D eigenvalue weighted by atomic mass is 10.0. The van der Waals surface area contributed by atoms with Crippen LogP contribution in [0.2, 0.25) is 0 Å². The van der Waals surface area contributed by atoms with E-state index in [0.717, 1.165) is 6.92 Å². The van der Waals surface area contributed by atoms with Gasteiger partial charge < -0.3 is 58.0 Å². The van der Waals surface area contributed by atoms with Gasteiger partial charge in [-0.1, -0.05) is 103 Å². The maximum Gasteiger partial charge on any atom is 0.437 e. The fourth-order valence-electron chi connectivity index (χ4n) is 11.7. The smallest absolute Gasteiger partial charge is 0.437 e. The van der Waals surface area contributed by atoms with Gasteiger partial charge in [0.15, 0.2) is 5.78 Å². The number of esters is 4. The van der Waals surface area contributed by atoms with Crippen LogP contribution in [0.1, 0.15) is 233 Å². The van der Waals surface area contributed by atoms with E-state index in [-0.39, 0.29) is 82.8 Å². The number of unbranched alkanes of at least 4 members (excludes halogenated alkanes) is 2. The first-order valence-corrected chi connectivity index (χ1v) is 44.8. The number of alkyl carbamates (subject to hydrolysis) is 2. The lowest BCUT2D eigenvalue weighted by Crippen LogP contribution is -2.55. The quantitative estimate of drug-likeness (QED) is 0.00565. The average Bonchev–Trinajstić information content (AvgIpc) is 0.742. The van der Waals surface area contributed by atoms with E-state index in [1.807, 2.05) is 0 Å². The summed E-state index contributed by atoms with van der Waals surface area (Å²) in [5.74, 6) is -6.31. The average molecular weight is 1860 g/mol. The van der Waals surface area contributed by atoms with Crippen molar-refractivity contribution in [2.24, 2.45) is 9.98 Å². The molecule has 131 heavy (non-hydrogen) atoms. The number of ether oxygens (including phenoxy) is 10. The molecule has 0 aliphatic rings. The second-order valence-corrected chi connectivity index (χ2v) is 40.8. The maximum absolute atomic E-state index is 16.1. The zero-order valence-corrected chi connectivity index (χ0v) is 79.9. The highest BCUT2D eigenvalue weighted by molar-refractivity contribution is 7.87. The van der Waals surface area contributed by atoms with Crippen molar-refractivity contribution < 1.29 is 122 Å². The van der Waals surface area contributed by atoms with Crippen LogP contribution in [-0.4, -0.2) is 182 Å². The molecule has 0 saturated heterocycles. The van der Waals surface area contributed by atoms with Crippen LogP contribution in [0.25, 0.3) is 0 Å². The number of guanidine groups is 2. The van der Waals surface area contributed by atoms with Crippen molar-refractivity contribution in [1.29, 1.82) is 0 Å². The van der Waals surface area contributed by atoms with E-state index in [9.17, 15) is 57.5 Å². The summed E-state index contributed by atoms with van der Waals surface area (Å²) in [6.07, 6.45) is -9.81. The molecule has 6 aromatic carbocycles. The third-order valence-electron chi connectivity index (χ3n) is 17.0. The molecule has 6 amide bonds. The predicted octanol–water partition coefficient (Wildman–Crippen LogP) is 16.2. The molecule has 0 aliphatic heterocycles. The lowest BCUT2D eigenvalue weighted by molar-refractivity contribution is -0.167. The van der Waals surface area contributed by atoms with E-state index >= 15 is 16.8 Å². The normalized spacial score (nSPS) is 12.9. The monoisotopic (exact) mass is 1860 g/mol. The molecule has 0 unspecified atom stereocenters. The largest absolute Gasteiger partial charge is 0.460 e. The summed E-state index contributed by atoms with van der Waals surface area (Å²) >= 11 is 0. The minimum atomic E-state index is -5.53. The Morgan fingerprint density at radius 3 is 1.08 bits per heavy atom. The Labute approximate surface area is 765 Å². The molecule has 2 atom stereocenters. The van der Waals surface area contributed by atoms with Gasteiger partial charge in [0.1, 0.15) is 76.0 Å². The Hall–Kier alpha value is -12.7. The number of amides is 6. The fourth-order valence-corrected chi connectivity index (χ4v) is 15.0. The first-order chi connectivity index (χ1) is 60.6.